The Morgan fingerprint density at radius 1 is 1.36 bits per heavy atom. The number of rotatable bonds is 4. The van der Waals surface area contributed by atoms with E-state index in [0.717, 1.165) is 0 Å². The SMILES string of the molecule is C[C@@H](I)[C@H](O)CO[Si](C)(C)C(C)(C)C. The molecule has 1 N–H and O–H groups in total. The summed E-state index contributed by atoms with van der Waals surface area (Å²) in [4.78, 5) is 0. The molecule has 0 aliphatic heterocycles. The molecular weight excluding hydrogens is 307 g/mol. The van der Waals surface area contributed by atoms with Gasteiger partial charge in [-0.1, -0.05) is 50.3 Å². The highest BCUT2D eigenvalue weighted by Crippen LogP contribution is 2.36. The average Bonchev–Trinajstić information content (AvgIpc) is 1.97. The van der Waals surface area contributed by atoms with Gasteiger partial charge in [-0.3, -0.25) is 0 Å². The lowest BCUT2D eigenvalue weighted by Gasteiger charge is -2.37. The molecule has 0 fully saturated rings. The van der Waals surface area contributed by atoms with Crippen molar-refractivity contribution in [3.63, 3.8) is 0 Å². The second-order valence-electron chi connectivity index (χ2n) is 5.32. The lowest BCUT2D eigenvalue weighted by molar-refractivity contribution is 0.104. The fourth-order valence-electron chi connectivity index (χ4n) is 0.643. The largest absolute Gasteiger partial charge is 0.414 e. The first kappa shape index (κ1) is 14.9. The fraction of sp³-hybridized carbons (Fsp3) is 1.00. The lowest BCUT2D eigenvalue weighted by Crippen LogP contribution is -2.43. The van der Waals surface area contributed by atoms with Crippen LogP contribution in [-0.4, -0.2) is 30.1 Å². The Morgan fingerprint density at radius 3 is 2.07 bits per heavy atom. The molecule has 0 heterocycles. The fourth-order valence-corrected chi connectivity index (χ4v) is 1.87. The summed E-state index contributed by atoms with van der Waals surface area (Å²) in [5.41, 5.74) is 0. The highest BCUT2D eigenvalue weighted by atomic mass is 127. The van der Waals surface area contributed by atoms with Crippen molar-refractivity contribution in [3.8, 4) is 0 Å². The van der Waals surface area contributed by atoms with E-state index >= 15 is 0 Å². The molecule has 0 aromatic carbocycles. The Balaban J connectivity index is 4.13. The van der Waals surface area contributed by atoms with E-state index in [1.165, 1.54) is 0 Å². The first-order valence-electron chi connectivity index (χ1n) is 5.04. The second kappa shape index (κ2) is 5.27. The Morgan fingerprint density at radius 2 is 1.79 bits per heavy atom. The van der Waals surface area contributed by atoms with Gasteiger partial charge in [-0.2, -0.15) is 0 Å². The van der Waals surface area contributed by atoms with E-state index in [-0.39, 0.29) is 15.1 Å². The zero-order valence-corrected chi connectivity index (χ0v) is 13.3. The third-order valence-corrected chi connectivity index (χ3v) is 8.28. The van der Waals surface area contributed by atoms with Crippen molar-refractivity contribution >= 4 is 30.9 Å². The highest BCUT2D eigenvalue weighted by Gasteiger charge is 2.37. The van der Waals surface area contributed by atoms with Crippen molar-refractivity contribution in [2.75, 3.05) is 6.61 Å². The van der Waals surface area contributed by atoms with Crippen LogP contribution in [0.25, 0.3) is 0 Å². The number of alkyl halides is 1. The molecule has 0 aromatic rings. The highest BCUT2D eigenvalue weighted by molar-refractivity contribution is 14.1. The van der Waals surface area contributed by atoms with Crippen molar-refractivity contribution in [2.24, 2.45) is 0 Å². The van der Waals surface area contributed by atoms with Crippen molar-refractivity contribution < 1.29 is 9.53 Å². The van der Waals surface area contributed by atoms with Crippen LogP contribution < -0.4 is 0 Å². The van der Waals surface area contributed by atoms with Crippen LogP contribution in [0.2, 0.25) is 18.1 Å². The van der Waals surface area contributed by atoms with Gasteiger partial charge in [0.15, 0.2) is 8.32 Å². The van der Waals surface area contributed by atoms with Crippen LogP contribution in [-0.2, 0) is 4.43 Å². The van der Waals surface area contributed by atoms with Crippen LogP contribution in [0.1, 0.15) is 27.7 Å². The third kappa shape index (κ3) is 4.59. The molecule has 86 valence electrons. The molecule has 0 bridgehead atoms. The molecule has 0 radical (unpaired) electrons. The first-order chi connectivity index (χ1) is 6.08. The summed E-state index contributed by atoms with van der Waals surface area (Å²) >= 11 is 2.23. The molecule has 0 aliphatic carbocycles. The quantitative estimate of drug-likeness (QED) is 0.487. The summed E-state index contributed by atoms with van der Waals surface area (Å²) in [7, 11) is -1.68. The van der Waals surface area contributed by atoms with Crippen LogP contribution in [0.15, 0.2) is 0 Å². The maximum absolute atomic E-state index is 9.65. The topological polar surface area (TPSA) is 29.5 Å². The van der Waals surface area contributed by atoms with Crippen LogP contribution in [0.5, 0.6) is 0 Å². The summed E-state index contributed by atoms with van der Waals surface area (Å²) in [6.07, 6.45) is -0.343. The molecule has 0 rings (SSSR count). The number of hydrogen-bond donors (Lipinski definition) is 1. The molecular formula is C10H23IO2Si. The zero-order chi connectivity index (χ0) is 11.6. The summed E-state index contributed by atoms with van der Waals surface area (Å²) in [6, 6.07) is 0. The maximum atomic E-state index is 9.65. The van der Waals surface area contributed by atoms with E-state index in [0.29, 0.717) is 6.61 Å². The van der Waals surface area contributed by atoms with E-state index in [1.54, 1.807) is 0 Å². The zero-order valence-electron chi connectivity index (χ0n) is 10.1. The molecule has 0 saturated carbocycles. The second-order valence-corrected chi connectivity index (χ2v) is 12.1. The van der Waals surface area contributed by atoms with E-state index in [9.17, 15) is 5.11 Å². The van der Waals surface area contributed by atoms with E-state index < -0.39 is 8.32 Å². The minimum Gasteiger partial charge on any atom is -0.414 e. The van der Waals surface area contributed by atoms with Crippen LogP contribution >= 0.6 is 22.6 Å². The molecule has 4 heteroatoms. The van der Waals surface area contributed by atoms with Gasteiger partial charge >= 0.3 is 0 Å². The molecule has 2 atom stereocenters. The molecule has 2 nitrogen and oxygen atoms in total. The average molecular weight is 330 g/mol. The molecule has 0 aliphatic rings. The van der Waals surface area contributed by atoms with Gasteiger partial charge in [-0.05, 0) is 18.1 Å². The standard InChI is InChI=1S/C10H23IO2Si/c1-8(11)9(12)7-13-14(5,6)10(2,3)4/h8-9,12H,7H2,1-6H3/t8-,9-/m1/s1. The first-order valence-corrected chi connectivity index (χ1v) is 9.19. The minimum atomic E-state index is -1.68. The van der Waals surface area contributed by atoms with Gasteiger partial charge in [0.25, 0.3) is 0 Å². The summed E-state index contributed by atoms with van der Waals surface area (Å²) in [5, 5.41) is 9.87. The normalized spacial score (nSPS) is 18.0. The lowest BCUT2D eigenvalue weighted by atomic mass is 10.2. The predicted molar refractivity (Wildman–Crippen MR) is 72.6 cm³/mol. The van der Waals surface area contributed by atoms with Crippen molar-refractivity contribution in [2.45, 2.75) is 55.9 Å². The van der Waals surface area contributed by atoms with Crippen LogP contribution in [0.4, 0.5) is 0 Å². The smallest absolute Gasteiger partial charge is 0.192 e. The molecule has 0 aromatic heterocycles. The van der Waals surface area contributed by atoms with Gasteiger partial charge < -0.3 is 9.53 Å². The monoisotopic (exact) mass is 330 g/mol. The van der Waals surface area contributed by atoms with Gasteiger partial charge in [-0.15, -0.1) is 0 Å². The number of aliphatic hydroxyl groups excluding tert-OH is 1. The molecule has 0 amide bonds. The number of hydrogen-bond acceptors (Lipinski definition) is 2. The van der Waals surface area contributed by atoms with Crippen molar-refractivity contribution in [1.29, 1.82) is 0 Å². The van der Waals surface area contributed by atoms with Gasteiger partial charge in [0, 0.05) is 3.92 Å². The van der Waals surface area contributed by atoms with Gasteiger partial charge in [0.1, 0.15) is 0 Å². The van der Waals surface area contributed by atoms with E-state index in [1.807, 2.05) is 6.92 Å². The number of aliphatic hydroxyl groups is 1. The third-order valence-electron chi connectivity index (χ3n) is 2.95. The minimum absolute atomic E-state index is 0.223. The maximum Gasteiger partial charge on any atom is 0.192 e. The molecule has 0 saturated heterocycles. The summed E-state index contributed by atoms with van der Waals surface area (Å²) in [6.45, 7) is 13.5. The summed E-state index contributed by atoms with van der Waals surface area (Å²) in [5.74, 6) is 0. The van der Waals surface area contributed by atoms with E-state index in [4.69, 9.17) is 4.43 Å². The van der Waals surface area contributed by atoms with Crippen LogP contribution in [0, 0.1) is 0 Å². The van der Waals surface area contributed by atoms with Gasteiger partial charge in [-0.25, -0.2) is 0 Å². The predicted octanol–water partition coefficient (Wildman–Crippen LogP) is 3.19. The van der Waals surface area contributed by atoms with Crippen LogP contribution in [0.3, 0.4) is 0 Å². The number of halogens is 1. The summed E-state index contributed by atoms with van der Waals surface area (Å²) < 4.78 is 6.15. The molecule has 0 spiro atoms. The van der Waals surface area contributed by atoms with Gasteiger partial charge in [0.2, 0.25) is 0 Å². The Labute approximate surface area is 103 Å². The Hall–Kier alpha value is 0.867. The Kier molecular flexibility index (Phi) is 5.60. The van der Waals surface area contributed by atoms with Crippen molar-refractivity contribution in [3.05, 3.63) is 0 Å². The van der Waals surface area contributed by atoms with E-state index in [2.05, 4.69) is 56.5 Å². The molecule has 14 heavy (non-hydrogen) atoms. The van der Waals surface area contributed by atoms with Gasteiger partial charge in [0.05, 0.1) is 12.7 Å². The van der Waals surface area contributed by atoms with Crippen molar-refractivity contribution in [1.82, 2.24) is 0 Å². The molecule has 0 unspecified atom stereocenters. The Bertz CT molecular complexity index is 175.